The van der Waals surface area contributed by atoms with Crippen LogP contribution in [0.2, 0.25) is 0 Å². The van der Waals surface area contributed by atoms with Gasteiger partial charge in [0, 0.05) is 0 Å². The van der Waals surface area contributed by atoms with Crippen LogP contribution in [-0.2, 0) is 0 Å². The second-order valence-electron chi connectivity index (χ2n) is 5.83. The Morgan fingerprint density at radius 3 is 2.93 bits per heavy atom. The zero-order valence-corrected chi connectivity index (χ0v) is 9.47. The first kappa shape index (κ1) is 9.24. The van der Waals surface area contributed by atoms with E-state index in [4.69, 9.17) is 0 Å². The molecule has 0 amide bonds. The highest BCUT2D eigenvalue weighted by Gasteiger charge is 2.53. The largest absolute Gasteiger partial charge is 0.0654 e. The number of hydrogen-bond acceptors (Lipinski definition) is 0. The maximum atomic E-state index is 2.33. The van der Waals surface area contributed by atoms with Gasteiger partial charge in [0.25, 0.3) is 0 Å². The van der Waals surface area contributed by atoms with Gasteiger partial charge < -0.3 is 0 Å². The lowest BCUT2D eigenvalue weighted by atomic mass is 9.74. The summed E-state index contributed by atoms with van der Waals surface area (Å²) in [7, 11) is 0. The Balaban J connectivity index is 1.65. The molecule has 3 rings (SSSR count). The van der Waals surface area contributed by atoms with Crippen LogP contribution in [0.1, 0.15) is 58.3 Å². The van der Waals surface area contributed by atoms with Crippen molar-refractivity contribution in [3.05, 3.63) is 5.92 Å². The zero-order valence-electron chi connectivity index (χ0n) is 9.47. The maximum absolute atomic E-state index is 2.33. The summed E-state index contributed by atoms with van der Waals surface area (Å²) in [5, 5.41) is 0. The van der Waals surface area contributed by atoms with Gasteiger partial charge in [-0.05, 0) is 61.7 Å². The Hall–Kier alpha value is 0. The standard InChI is InChI=1S/C14H23/c1-2-3-5-10-8-11-9-14(10)13-7-4-6-12(11)13/h11-14H,2-9H2,1H3. The van der Waals surface area contributed by atoms with Crippen LogP contribution in [0.15, 0.2) is 0 Å². The van der Waals surface area contributed by atoms with Gasteiger partial charge in [-0.2, -0.15) is 0 Å². The van der Waals surface area contributed by atoms with Crippen LogP contribution in [0.3, 0.4) is 0 Å². The Labute approximate surface area is 88.5 Å². The van der Waals surface area contributed by atoms with E-state index in [0.717, 1.165) is 17.8 Å². The van der Waals surface area contributed by atoms with Crippen LogP contribution < -0.4 is 0 Å². The minimum absolute atomic E-state index is 1.10. The van der Waals surface area contributed by atoms with E-state index in [-0.39, 0.29) is 0 Å². The van der Waals surface area contributed by atoms with Crippen LogP contribution in [0.4, 0.5) is 0 Å². The van der Waals surface area contributed by atoms with Gasteiger partial charge in [-0.15, -0.1) is 0 Å². The second kappa shape index (κ2) is 3.54. The molecule has 0 aromatic rings. The molecule has 1 radical (unpaired) electrons. The van der Waals surface area contributed by atoms with Crippen molar-refractivity contribution < 1.29 is 0 Å². The van der Waals surface area contributed by atoms with E-state index in [2.05, 4.69) is 6.92 Å². The summed E-state index contributed by atoms with van der Waals surface area (Å²) in [6.07, 6.45) is 12.1. The molecule has 0 aromatic heterocycles. The highest BCUT2D eigenvalue weighted by Crippen LogP contribution is 2.62. The fourth-order valence-electron chi connectivity index (χ4n) is 4.66. The van der Waals surface area contributed by atoms with Gasteiger partial charge in [-0.3, -0.25) is 0 Å². The second-order valence-corrected chi connectivity index (χ2v) is 5.83. The number of rotatable bonds is 3. The molecule has 79 valence electrons. The van der Waals surface area contributed by atoms with Gasteiger partial charge >= 0.3 is 0 Å². The monoisotopic (exact) mass is 191 g/mol. The summed E-state index contributed by atoms with van der Waals surface area (Å²) in [6.45, 7) is 2.33. The van der Waals surface area contributed by atoms with Crippen LogP contribution in [0, 0.1) is 29.6 Å². The fraction of sp³-hybridized carbons (Fsp3) is 0.929. The van der Waals surface area contributed by atoms with Crippen LogP contribution >= 0.6 is 0 Å². The van der Waals surface area contributed by atoms with E-state index in [1.165, 1.54) is 31.6 Å². The number of hydrogen-bond donors (Lipinski definition) is 0. The quantitative estimate of drug-likeness (QED) is 0.627. The topological polar surface area (TPSA) is 0 Å². The van der Waals surface area contributed by atoms with E-state index in [1.807, 2.05) is 5.92 Å². The maximum Gasteiger partial charge on any atom is -0.0204 e. The summed E-state index contributed by atoms with van der Waals surface area (Å²) in [6, 6.07) is 0. The van der Waals surface area contributed by atoms with E-state index in [0.29, 0.717) is 0 Å². The van der Waals surface area contributed by atoms with Gasteiger partial charge in [0.05, 0.1) is 0 Å². The summed E-state index contributed by atoms with van der Waals surface area (Å²) in [5.41, 5.74) is 0. The Morgan fingerprint density at radius 1 is 1.21 bits per heavy atom. The van der Waals surface area contributed by atoms with Crippen molar-refractivity contribution >= 4 is 0 Å². The molecular weight excluding hydrogens is 168 g/mol. The van der Waals surface area contributed by atoms with Crippen molar-refractivity contribution in [2.45, 2.75) is 58.3 Å². The summed E-state index contributed by atoms with van der Waals surface area (Å²) >= 11 is 0. The van der Waals surface area contributed by atoms with E-state index in [9.17, 15) is 0 Å². The molecule has 0 spiro atoms. The number of fused-ring (bicyclic) bond motifs is 5. The third kappa shape index (κ3) is 1.26. The molecule has 0 heteroatoms. The highest BCUT2D eigenvalue weighted by atomic mass is 14.6. The molecule has 4 unspecified atom stereocenters. The van der Waals surface area contributed by atoms with Crippen molar-refractivity contribution in [1.82, 2.24) is 0 Å². The summed E-state index contributed by atoms with van der Waals surface area (Å²) < 4.78 is 0. The predicted octanol–water partition coefficient (Wildman–Crippen LogP) is 4.21. The van der Waals surface area contributed by atoms with Crippen LogP contribution in [0.25, 0.3) is 0 Å². The van der Waals surface area contributed by atoms with Crippen molar-refractivity contribution in [3.63, 3.8) is 0 Å². The highest BCUT2D eigenvalue weighted by molar-refractivity contribution is 5.15. The van der Waals surface area contributed by atoms with E-state index < -0.39 is 0 Å². The molecule has 3 aliphatic rings. The van der Waals surface area contributed by atoms with Gasteiger partial charge in [0.1, 0.15) is 0 Å². The SMILES string of the molecule is CCCC[C]1CC2CC1C1CCCC21. The average Bonchev–Trinajstić information content (AvgIpc) is 2.85. The third-order valence-electron chi connectivity index (χ3n) is 5.20. The van der Waals surface area contributed by atoms with E-state index in [1.54, 1.807) is 25.7 Å². The van der Waals surface area contributed by atoms with Gasteiger partial charge in [0.15, 0.2) is 0 Å². The minimum atomic E-state index is 1.10. The average molecular weight is 191 g/mol. The third-order valence-corrected chi connectivity index (χ3v) is 5.20. The molecular formula is C14H23. The summed E-state index contributed by atoms with van der Waals surface area (Å²) in [5.74, 6) is 6.55. The van der Waals surface area contributed by atoms with Crippen molar-refractivity contribution in [2.24, 2.45) is 23.7 Å². The normalized spacial score (nSPS) is 46.1. The molecule has 14 heavy (non-hydrogen) atoms. The molecule has 2 bridgehead atoms. The van der Waals surface area contributed by atoms with Crippen LogP contribution in [0.5, 0.6) is 0 Å². The van der Waals surface area contributed by atoms with E-state index >= 15 is 0 Å². The molecule has 3 saturated carbocycles. The molecule has 0 nitrogen and oxygen atoms in total. The first-order chi connectivity index (χ1) is 6.90. The first-order valence-electron chi connectivity index (χ1n) is 6.74. The fourth-order valence-corrected chi connectivity index (χ4v) is 4.66. The van der Waals surface area contributed by atoms with Crippen LogP contribution in [-0.4, -0.2) is 0 Å². The van der Waals surface area contributed by atoms with Gasteiger partial charge in [-0.1, -0.05) is 26.2 Å². The predicted molar refractivity (Wildman–Crippen MR) is 59.8 cm³/mol. The Kier molecular flexibility index (Phi) is 2.34. The molecule has 3 aliphatic carbocycles. The molecule has 0 heterocycles. The molecule has 0 saturated heterocycles. The summed E-state index contributed by atoms with van der Waals surface area (Å²) in [4.78, 5) is 0. The van der Waals surface area contributed by atoms with Gasteiger partial charge in [0.2, 0.25) is 0 Å². The van der Waals surface area contributed by atoms with Crippen molar-refractivity contribution in [2.75, 3.05) is 0 Å². The van der Waals surface area contributed by atoms with Gasteiger partial charge in [-0.25, -0.2) is 0 Å². The van der Waals surface area contributed by atoms with Crippen molar-refractivity contribution in [3.8, 4) is 0 Å². The molecule has 0 N–H and O–H groups in total. The lowest BCUT2D eigenvalue weighted by Gasteiger charge is -2.31. The Morgan fingerprint density at radius 2 is 2.07 bits per heavy atom. The lowest BCUT2D eigenvalue weighted by Crippen LogP contribution is -2.22. The molecule has 3 fully saturated rings. The zero-order chi connectivity index (χ0) is 9.54. The molecule has 4 atom stereocenters. The first-order valence-corrected chi connectivity index (χ1v) is 6.74. The molecule has 0 aromatic carbocycles. The van der Waals surface area contributed by atoms with Crippen molar-refractivity contribution in [1.29, 1.82) is 0 Å². The minimum Gasteiger partial charge on any atom is -0.0654 e. The Bertz CT molecular complexity index is 208. The lowest BCUT2D eigenvalue weighted by molar-refractivity contribution is 0.269. The smallest absolute Gasteiger partial charge is 0.0204 e. The molecule has 0 aliphatic heterocycles. The number of unbranched alkanes of at least 4 members (excludes halogenated alkanes) is 1.